The molecule has 0 heterocycles. The second-order valence-corrected chi connectivity index (χ2v) is 2.16. The molecule has 4 nitrogen and oxygen atoms in total. The van der Waals surface area contributed by atoms with Crippen molar-refractivity contribution >= 4 is 63.3 Å². The molecule has 63 valence electrons. The minimum absolute atomic E-state index is 0. The molecule has 0 unspecified atom stereocenters. The molecule has 1 aromatic rings. The molecule has 13 heavy (non-hydrogen) atoms. The second-order valence-electron chi connectivity index (χ2n) is 2.16. The van der Waals surface area contributed by atoms with Gasteiger partial charge in [0.1, 0.15) is 0 Å². The molecule has 0 aliphatic carbocycles. The van der Waals surface area contributed by atoms with Gasteiger partial charge in [-0.3, -0.25) is 0 Å². The molecule has 0 aliphatic rings. The first-order chi connectivity index (χ1) is 5.63. The minimum atomic E-state index is -1.23. The van der Waals surface area contributed by atoms with E-state index in [9.17, 15) is 9.59 Å². The zero-order valence-corrected chi connectivity index (χ0v) is 10.1. The Morgan fingerprint density at radius 2 is 1.23 bits per heavy atom. The standard InChI is InChI=1S/C8H6O4.K/c9-7(10)5-3-1-2-4-6(5)8(11)12;/h1-4H,(H,9,10)(H,11,12);. The smallest absolute Gasteiger partial charge is 0.336 e. The predicted molar refractivity (Wildman–Crippen MR) is 46.1 cm³/mol. The Kier molecular flexibility index (Phi) is 5.42. The van der Waals surface area contributed by atoms with Crippen LogP contribution < -0.4 is 0 Å². The van der Waals surface area contributed by atoms with Crippen LogP contribution in [-0.2, 0) is 0 Å². The fourth-order valence-electron chi connectivity index (χ4n) is 0.856. The van der Waals surface area contributed by atoms with Crippen LogP contribution in [0, 0.1) is 0 Å². The number of carbonyl (C=O) groups is 2. The molecule has 0 aromatic heterocycles. The van der Waals surface area contributed by atoms with Crippen molar-refractivity contribution in [1.29, 1.82) is 0 Å². The van der Waals surface area contributed by atoms with E-state index in [1.54, 1.807) is 0 Å². The summed E-state index contributed by atoms with van der Waals surface area (Å²) in [5.74, 6) is -2.46. The Morgan fingerprint density at radius 3 is 1.46 bits per heavy atom. The van der Waals surface area contributed by atoms with E-state index in [0.717, 1.165) is 0 Å². The maximum absolute atomic E-state index is 10.5. The van der Waals surface area contributed by atoms with Crippen molar-refractivity contribution in [2.45, 2.75) is 0 Å². The Balaban J connectivity index is 0.00000144. The van der Waals surface area contributed by atoms with E-state index in [0.29, 0.717) is 0 Å². The zero-order chi connectivity index (χ0) is 9.14. The zero-order valence-electron chi connectivity index (χ0n) is 7.02. The van der Waals surface area contributed by atoms with Gasteiger partial charge in [-0.25, -0.2) is 9.59 Å². The van der Waals surface area contributed by atoms with Crippen LogP contribution in [0.1, 0.15) is 20.7 Å². The third kappa shape index (κ3) is 3.20. The first-order valence-electron chi connectivity index (χ1n) is 3.18. The summed E-state index contributed by atoms with van der Waals surface area (Å²) in [4.78, 5) is 20.9. The average molecular weight is 205 g/mol. The molecular formula is C8H6KO4. The summed E-state index contributed by atoms with van der Waals surface area (Å²) in [7, 11) is 0. The molecule has 0 aliphatic heterocycles. The van der Waals surface area contributed by atoms with Crippen LogP contribution in [-0.4, -0.2) is 73.5 Å². The van der Waals surface area contributed by atoms with Crippen molar-refractivity contribution < 1.29 is 19.8 Å². The van der Waals surface area contributed by atoms with Gasteiger partial charge in [0.2, 0.25) is 0 Å². The molecule has 0 saturated carbocycles. The van der Waals surface area contributed by atoms with Crippen molar-refractivity contribution in [3.63, 3.8) is 0 Å². The first-order valence-corrected chi connectivity index (χ1v) is 3.18. The number of carboxylic acid groups (broad SMARTS) is 2. The van der Waals surface area contributed by atoms with E-state index in [4.69, 9.17) is 10.2 Å². The topological polar surface area (TPSA) is 74.6 Å². The van der Waals surface area contributed by atoms with Gasteiger partial charge in [0.05, 0.1) is 11.1 Å². The van der Waals surface area contributed by atoms with Crippen molar-refractivity contribution in [1.82, 2.24) is 0 Å². The van der Waals surface area contributed by atoms with E-state index in [1.807, 2.05) is 0 Å². The van der Waals surface area contributed by atoms with E-state index < -0.39 is 11.9 Å². The van der Waals surface area contributed by atoms with Crippen LogP contribution in [0.2, 0.25) is 0 Å². The van der Waals surface area contributed by atoms with Crippen LogP contribution in [0.3, 0.4) is 0 Å². The predicted octanol–water partition coefficient (Wildman–Crippen LogP) is 0.702. The summed E-state index contributed by atoms with van der Waals surface area (Å²) in [5.41, 5.74) is -0.380. The maximum Gasteiger partial charge on any atom is 0.336 e. The summed E-state index contributed by atoms with van der Waals surface area (Å²) in [5, 5.41) is 17.1. The summed E-state index contributed by atoms with van der Waals surface area (Å²) in [6.07, 6.45) is 0. The number of hydrogen-bond donors (Lipinski definition) is 2. The molecule has 0 bridgehead atoms. The second kappa shape index (κ2) is 5.51. The van der Waals surface area contributed by atoms with Crippen molar-refractivity contribution in [2.75, 3.05) is 0 Å². The molecular weight excluding hydrogens is 199 g/mol. The summed E-state index contributed by atoms with van der Waals surface area (Å²) in [6.45, 7) is 0. The number of rotatable bonds is 2. The Bertz CT molecular complexity index is 302. The monoisotopic (exact) mass is 205 g/mol. The van der Waals surface area contributed by atoms with Gasteiger partial charge < -0.3 is 10.2 Å². The fourth-order valence-corrected chi connectivity index (χ4v) is 0.856. The van der Waals surface area contributed by atoms with Crippen LogP contribution in [0.15, 0.2) is 24.3 Å². The van der Waals surface area contributed by atoms with Gasteiger partial charge >= 0.3 is 11.9 Å². The molecule has 0 atom stereocenters. The molecule has 0 fully saturated rings. The number of benzene rings is 1. The van der Waals surface area contributed by atoms with E-state index in [1.165, 1.54) is 24.3 Å². The molecule has 0 saturated heterocycles. The Hall–Kier alpha value is -0.204. The maximum atomic E-state index is 10.5. The number of hydrogen-bond acceptors (Lipinski definition) is 2. The van der Waals surface area contributed by atoms with Crippen LogP contribution in [0.25, 0.3) is 0 Å². The largest absolute Gasteiger partial charge is 0.478 e. The SMILES string of the molecule is O=C(O)c1ccccc1C(=O)O.[K]. The Labute approximate surface area is 117 Å². The minimum Gasteiger partial charge on any atom is -0.478 e. The average Bonchev–Trinajstić information content (AvgIpc) is 2.04. The molecule has 2 N–H and O–H groups in total. The van der Waals surface area contributed by atoms with Gasteiger partial charge in [-0.2, -0.15) is 0 Å². The van der Waals surface area contributed by atoms with Gasteiger partial charge in [-0.05, 0) is 12.1 Å². The molecule has 0 spiro atoms. The summed E-state index contributed by atoms with van der Waals surface area (Å²) in [6, 6.07) is 5.48. The Morgan fingerprint density at radius 1 is 0.923 bits per heavy atom. The van der Waals surface area contributed by atoms with E-state index in [2.05, 4.69) is 0 Å². The third-order valence-corrected chi connectivity index (χ3v) is 1.39. The van der Waals surface area contributed by atoms with Gasteiger partial charge in [0.25, 0.3) is 0 Å². The molecule has 0 amide bonds. The molecule has 1 aromatic carbocycles. The van der Waals surface area contributed by atoms with Gasteiger partial charge in [0, 0.05) is 51.4 Å². The normalized spacial score (nSPS) is 8.62. The van der Waals surface area contributed by atoms with Gasteiger partial charge in [-0.15, -0.1) is 0 Å². The van der Waals surface area contributed by atoms with Crippen molar-refractivity contribution in [2.24, 2.45) is 0 Å². The van der Waals surface area contributed by atoms with E-state index >= 15 is 0 Å². The third-order valence-electron chi connectivity index (χ3n) is 1.39. The fraction of sp³-hybridized carbons (Fsp3) is 0. The summed E-state index contributed by atoms with van der Waals surface area (Å²) < 4.78 is 0. The van der Waals surface area contributed by atoms with Gasteiger partial charge in [-0.1, -0.05) is 12.1 Å². The van der Waals surface area contributed by atoms with E-state index in [-0.39, 0.29) is 62.5 Å². The van der Waals surface area contributed by atoms with Crippen molar-refractivity contribution in [3.05, 3.63) is 35.4 Å². The molecule has 1 radical (unpaired) electrons. The van der Waals surface area contributed by atoms with Crippen molar-refractivity contribution in [3.8, 4) is 0 Å². The van der Waals surface area contributed by atoms with Crippen LogP contribution in [0.5, 0.6) is 0 Å². The van der Waals surface area contributed by atoms with Crippen LogP contribution in [0.4, 0.5) is 0 Å². The first kappa shape index (κ1) is 12.8. The van der Waals surface area contributed by atoms with Gasteiger partial charge in [0.15, 0.2) is 0 Å². The number of carboxylic acids is 2. The quantitative estimate of drug-likeness (QED) is 0.697. The molecule has 1 rings (SSSR count). The number of aromatic carboxylic acids is 2. The van der Waals surface area contributed by atoms with Crippen LogP contribution >= 0.6 is 0 Å². The summed E-state index contributed by atoms with van der Waals surface area (Å²) >= 11 is 0. The molecule has 5 heteroatoms.